The van der Waals surface area contributed by atoms with E-state index in [-0.39, 0.29) is 4.90 Å². The van der Waals surface area contributed by atoms with Crippen LogP contribution in [-0.2, 0) is 16.6 Å². The number of nitrogens with zero attached hydrogens (tertiary/aromatic N) is 1. The average molecular weight is 351 g/mol. The summed E-state index contributed by atoms with van der Waals surface area (Å²) in [5.41, 5.74) is 1.05. The Balaban J connectivity index is 1.52. The molecule has 2 aromatic rings. The second-order valence-corrected chi connectivity index (χ2v) is 8.35. The largest absolute Gasteiger partial charge is 0.371 e. The number of hydrogen-bond acceptors (Lipinski definition) is 5. The maximum atomic E-state index is 11.3. The maximum Gasteiger partial charge on any atom is 0.238 e. The van der Waals surface area contributed by atoms with E-state index >= 15 is 0 Å². The fourth-order valence-electron chi connectivity index (χ4n) is 2.85. The second kappa shape index (κ2) is 7.00. The molecule has 1 aromatic heterocycles. The molecular weight excluding hydrogens is 330 g/mol. The zero-order valence-corrected chi connectivity index (χ0v) is 14.4. The Labute approximate surface area is 141 Å². The van der Waals surface area contributed by atoms with Crippen LogP contribution in [0, 0.1) is 0 Å². The Bertz CT molecular complexity index is 719. The zero-order valence-electron chi connectivity index (χ0n) is 12.8. The van der Waals surface area contributed by atoms with Gasteiger partial charge in [0.15, 0.2) is 0 Å². The van der Waals surface area contributed by atoms with Gasteiger partial charge in [-0.05, 0) is 48.6 Å². The van der Waals surface area contributed by atoms with Gasteiger partial charge in [0.05, 0.1) is 4.90 Å². The van der Waals surface area contributed by atoms with Crippen molar-refractivity contribution in [1.82, 2.24) is 5.32 Å². The first kappa shape index (κ1) is 16.4. The molecule has 5 nitrogen and oxygen atoms in total. The van der Waals surface area contributed by atoms with Crippen LogP contribution in [0.3, 0.4) is 0 Å². The van der Waals surface area contributed by atoms with Crippen molar-refractivity contribution >= 4 is 27.0 Å². The quantitative estimate of drug-likeness (QED) is 0.865. The molecule has 0 bridgehead atoms. The van der Waals surface area contributed by atoms with E-state index in [0.29, 0.717) is 6.04 Å². The van der Waals surface area contributed by atoms with Gasteiger partial charge in [-0.1, -0.05) is 6.07 Å². The summed E-state index contributed by atoms with van der Waals surface area (Å²) in [4.78, 5) is 3.82. The molecule has 1 fully saturated rings. The van der Waals surface area contributed by atoms with Crippen molar-refractivity contribution in [1.29, 1.82) is 0 Å². The van der Waals surface area contributed by atoms with Gasteiger partial charge in [-0.25, -0.2) is 13.6 Å². The summed E-state index contributed by atoms with van der Waals surface area (Å²) >= 11 is 1.78. The number of anilines is 1. The molecule has 124 valence electrons. The number of sulfonamides is 1. The van der Waals surface area contributed by atoms with Crippen molar-refractivity contribution in [2.45, 2.75) is 30.3 Å². The normalized spacial score (nSPS) is 16.7. The third kappa shape index (κ3) is 4.32. The fourth-order valence-corrected chi connectivity index (χ4v) is 4.02. The first-order valence-electron chi connectivity index (χ1n) is 7.66. The molecule has 0 saturated carbocycles. The maximum absolute atomic E-state index is 11.3. The van der Waals surface area contributed by atoms with Gasteiger partial charge in [0, 0.05) is 36.2 Å². The van der Waals surface area contributed by atoms with Crippen LogP contribution in [0.4, 0.5) is 5.69 Å². The fraction of sp³-hybridized carbons (Fsp3) is 0.375. The molecule has 0 atom stereocenters. The topological polar surface area (TPSA) is 75.4 Å². The summed E-state index contributed by atoms with van der Waals surface area (Å²) in [5.74, 6) is 0. The number of nitrogens with one attached hydrogen (secondary N) is 1. The third-order valence-electron chi connectivity index (χ3n) is 4.17. The van der Waals surface area contributed by atoms with Crippen LogP contribution in [0.25, 0.3) is 0 Å². The molecule has 1 aliphatic rings. The highest BCUT2D eigenvalue weighted by atomic mass is 32.2. The third-order valence-corrected chi connectivity index (χ3v) is 5.98. The van der Waals surface area contributed by atoms with Crippen molar-refractivity contribution < 1.29 is 8.42 Å². The number of thiophene rings is 1. The van der Waals surface area contributed by atoms with Crippen molar-refractivity contribution in [3.63, 3.8) is 0 Å². The number of rotatable bonds is 5. The Morgan fingerprint density at radius 2 is 1.87 bits per heavy atom. The van der Waals surface area contributed by atoms with E-state index in [2.05, 4.69) is 27.7 Å². The van der Waals surface area contributed by atoms with Gasteiger partial charge in [-0.15, -0.1) is 11.3 Å². The lowest BCUT2D eigenvalue weighted by Gasteiger charge is -2.34. The van der Waals surface area contributed by atoms with Crippen molar-refractivity contribution in [3.8, 4) is 0 Å². The Kier molecular flexibility index (Phi) is 5.01. The Hall–Kier alpha value is -1.41. The molecule has 1 aliphatic heterocycles. The van der Waals surface area contributed by atoms with Crippen molar-refractivity contribution in [2.24, 2.45) is 5.14 Å². The summed E-state index contributed by atoms with van der Waals surface area (Å²) in [6, 6.07) is 11.6. The van der Waals surface area contributed by atoms with Gasteiger partial charge in [-0.2, -0.15) is 0 Å². The summed E-state index contributed by atoms with van der Waals surface area (Å²) in [5, 5.41) is 10.8. The molecule has 3 rings (SSSR count). The molecule has 7 heteroatoms. The van der Waals surface area contributed by atoms with Gasteiger partial charge >= 0.3 is 0 Å². The predicted molar refractivity (Wildman–Crippen MR) is 94.2 cm³/mol. The van der Waals surface area contributed by atoms with E-state index < -0.39 is 10.0 Å². The lowest BCUT2D eigenvalue weighted by Crippen LogP contribution is -2.42. The molecular formula is C16H21N3O2S2. The van der Waals surface area contributed by atoms with Crippen molar-refractivity contribution in [2.75, 3.05) is 18.0 Å². The molecule has 0 spiro atoms. The van der Waals surface area contributed by atoms with Crippen LogP contribution in [0.1, 0.15) is 17.7 Å². The minimum absolute atomic E-state index is 0.161. The first-order chi connectivity index (χ1) is 11.0. The first-order valence-corrected chi connectivity index (χ1v) is 10.1. The van der Waals surface area contributed by atoms with Crippen molar-refractivity contribution in [3.05, 3.63) is 46.7 Å². The van der Waals surface area contributed by atoms with E-state index in [1.54, 1.807) is 23.5 Å². The summed E-state index contributed by atoms with van der Waals surface area (Å²) in [6.07, 6.45) is 2.17. The number of nitrogens with two attached hydrogens (primary N) is 1. The zero-order chi connectivity index (χ0) is 16.3. The SMILES string of the molecule is NS(=O)(=O)c1ccc(N2CCC(NCc3cccs3)CC2)cc1. The number of piperidine rings is 1. The van der Waals surface area contributed by atoms with Gasteiger partial charge < -0.3 is 10.2 Å². The predicted octanol–water partition coefficient (Wildman–Crippen LogP) is 2.15. The molecule has 3 N–H and O–H groups in total. The Morgan fingerprint density at radius 3 is 2.43 bits per heavy atom. The monoisotopic (exact) mass is 351 g/mol. The lowest BCUT2D eigenvalue weighted by atomic mass is 10.0. The lowest BCUT2D eigenvalue weighted by molar-refractivity contribution is 0.415. The van der Waals surface area contributed by atoms with Gasteiger partial charge in [0.2, 0.25) is 10.0 Å². The molecule has 23 heavy (non-hydrogen) atoms. The summed E-state index contributed by atoms with van der Waals surface area (Å²) < 4.78 is 22.6. The summed E-state index contributed by atoms with van der Waals surface area (Å²) in [7, 11) is -3.62. The Morgan fingerprint density at radius 1 is 1.17 bits per heavy atom. The highest BCUT2D eigenvalue weighted by Crippen LogP contribution is 2.22. The van der Waals surface area contributed by atoms with E-state index in [9.17, 15) is 8.42 Å². The standard InChI is InChI=1S/C16H21N3O2S2/c17-23(20,21)16-5-3-14(4-6-16)19-9-7-13(8-10-19)18-12-15-2-1-11-22-15/h1-6,11,13,18H,7-10,12H2,(H2,17,20,21). The van der Waals surface area contributed by atoms with E-state index in [1.807, 2.05) is 12.1 Å². The van der Waals surface area contributed by atoms with Crippen LogP contribution in [0.5, 0.6) is 0 Å². The molecule has 1 saturated heterocycles. The van der Waals surface area contributed by atoms with Crippen LogP contribution in [0.2, 0.25) is 0 Å². The molecule has 0 amide bonds. The number of primary sulfonamides is 1. The molecule has 0 unspecified atom stereocenters. The van der Waals surface area contributed by atoms with Crippen LogP contribution in [-0.4, -0.2) is 27.5 Å². The highest BCUT2D eigenvalue weighted by Gasteiger charge is 2.19. The van der Waals surface area contributed by atoms with E-state index in [4.69, 9.17) is 5.14 Å². The van der Waals surface area contributed by atoms with Gasteiger partial charge in [0.25, 0.3) is 0 Å². The molecule has 0 aliphatic carbocycles. The minimum atomic E-state index is -3.62. The summed E-state index contributed by atoms with van der Waals surface area (Å²) in [6.45, 7) is 2.87. The van der Waals surface area contributed by atoms with Gasteiger partial charge in [-0.3, -0.25) is 0 Å². The smallest absolute Gasteiger partial charge is 0.238 e. The van der Waals surface area contributed by atoms with Crippen LogP contribution in [0.15, 0.2) is 46.7 Å². The van der Waals surface area contributed by atoms with Crippen LogP contribution >= 0.6 is 11.3 Å². The van der Waals surface area contributed by atoms with E-state index in [1.165, 1.54) is 4.88 Å². The highest BCUT2D eigenvalue weighted by molar-refractivity contribution is 7.89. The van der Waals surface area contributed by atoms with Gasteiger partial charge in [0.1, 0.15) is 0 Å². The second-order valence-electron chi connectivity index (χ2n) is 5.76. The average Bonchev–Trinajstić information content (AvgIpc) is 3.06. The number of hydrogen-bond donors (Lipinski definition) is 2. The molecule has 2 heterocycles. The van der Waals surface area contributed by atoms with E-state index in [0.717, 1.165) is 38.2 Å². The molecule has 1 aromatic carbocycles. The van der Waals surface area contributed by atoms with Crippen LogP contribution < -0.4 is 15.4 Å². The molecule has 0 radical (unpaired) electrons. The number of benzene rings is 1. The minimum Gasteiger partial charge on any atom is -0.371 e.